The molecule has 6 rings (SSSR count). The summed E-state index contributed by atoms with van der Waals surface area (Å²) in [5.74, 6) is 1.61. The van der Waals surface area contributed by atoms with E-state index in [9.17, 15) is 14.4 Å². The number of hydrogen-bond acceptors (Lipinski definition) is 4. The number of ether oxygens (including phenoxy) is 1. The van der Waals surface area contributed by atoms with Crippen LogP contribution in [0.5, 0.6) is 0 Å². The number of Topliss-reactive ketones (excluding diaryl/α,β-unsaturated/α-hetero) is 2. The second-order valence-electron chi connectivity index (χ2n) is 12.1. The third-order valence-corrected chi connectivity index (χ3v) is 10.7. The molecule has 0 N–H and O–H groups in total. The molecule has 0 unspecified atom stereocenters. The van der Waals surface area contributed by atoms with Gasteiger partial charge in [-0.3, -0.25) is 14.4 Å². The molecule has 0 aromatic heterocycles. The van der Waals surface area contributed by atoms with Gasteiger partial charge >= 0.3 is 5.97 Å². The van der Waals surface area contributed by atoms with Crippen LogP contribution in [0.25, 0.3) is 0 Å². The van der Waals surface area contributed by atoms with E-state index in [0.717, 1.165) is 38.5 Å². The molecule has 0 heterocycles. The summed E-state index contributed by atoms with van der Waals surface area (Å²) in [5.41, 5.74) is 0.777. The second kappa shape index (κ2) is 6.78. The Morgan fingerprint density at radius 1 is 1.06 bits per heavy atom. The van der Waals surface area contributed by atoms with Crippen LogP contribution in [-0.4, -0.2) is 24.6 Å². The highest BCUT2D eigenvalue weighted by atomic mass is 16.5. The summed E-state index contributed by atoms with van der Waals surface area (Å²) in [6, 6.07) is 0. The lowest BCUT2D eigenvalue weighted by Crippen LogP contribution is -2.67. The molecule has 0 radical (unpaired) electrons. The predicted molar refractivity (Wildman–Crippen MR) is 118 cm³/mol. The van der Waals surface area contributed by atoms with Gasteiger partial charge in [-0.05, 0) is 68.1 Å². The lowest BCUT2D eigenvalue weighted by atomic mass is 9.33. The minimum atomic E-state index is -0.448. The standard InChI is InChI=1S/C27H38O4/c1-15(2)17-14-27-12-9-20-25(3,10-6-11-26(20,4)24(30)31-5)21(27)13-16(17)22-18(28)7-8-19(29)23(22)27/h14-16,20-23H,6-13H2,1-5H3/t16-,20-,21+,22+,23-,25+,26-,27+/m1/s1. The summed E-state index contributed by atoms with van der Waals surface area (Å²) in [6.07, 6.45) is 9.25. The normalized spacial score (nSPS) is 48.6. The Kier molecular flexibility index (Phi) is 4.68. The average molecular weight is 427 g/mol. The molecule has 8 atom stereocenters. The van der Waals surface area contributed by atoms with Gasteiger partial charge < -0.3 is 4.74 Å². The minimum absolute atomic E-state index is 0.00242. The number of fused-ring (bicyclic) bond motifs is 1. The Bertz CT molecular complexity index is 870. The molecule has 0 amide bonds. The Labute approximate surface area is 186 Å². The number of carbonyl (C=O) groups is 3. The lowest BCUT2D eigenvalue weighted by molar-refractivity contribution is -0.201. The van der Waals surface area contributed by atoms with Crippen molar-refractivity contribution in [3.8, 4) is 0 Å². The summed E-state index contributed by atoms with van der Waals surface area (Å²) < 4.78 is 5.30. The first-order chi connectivity index (χ1) is 14.6. The van der Waals surface area contributed by atoms with Gasteiger partial charge in [0.25, 0.3) is 0 Å². The number of rotatable bonds is 2. The van der Waals surface area contributed by atoms with E-state index >= 15 is 0 Å². The fourth-order valence-corrected chi connectivity index (χ4v) is 9.56. The van der Waals surface area contributed by atoms with E-state index < -0.39 is 5.41 Å². The number of ketones is 2. The maximum absolute atomic E-state index is 13.4. The number of methoxy groups -OCH3 is 1. The molecule has 0 aliphatic heterocycles. The van der Waals surface area contributed by atoms with Crippen LogP contribution in [0.3, 0.4) is 0 Å². The fraction of sp³-hybridized carbons (Fsp3) is 0.815. The number of carbonyl (C=O) groups excluding carboxylic acids is 3. The van der Waals surface area contributed by atoms with Gasteiger partial charge in [0.05, 0.1) is 12.5 Å². The molecule has 4 nitrogen and oxygen atoms in total. The van der Waals surface area contributed by atoms with Crippen LogP contribution in [0.4, 0.5) is 0 Å². The molecular weight excluding hydrogens is 388 g/mol. The van der Waals surface area contributed by atoms with E-state index in [1.165, 1.54) is 12.7 Å². The SMILES string of the molecule is COC(=O)[C@]1(C)CCC[C@@]2(C)[C@H]1CC[C@]13C=C(C(C)C)[C@@H](C[C@@H]21)[C@H]1C(=O)CCC(=O)[C@H]13. The van der Waals surface area contributed by atoms with Gasteiger partial charge in [0, 0.05) is 30.1 Å². The first-order valence-corrected chi connectivity index (χ1v) is 12.5. The summed E-state index contributed by atoms with van der Waals surface area (Å²) in [7, 11) is 1.51. The van der Waals surface area contributed by atoms with Gasteiger partial charge in [-0.25, -0.2) is 0 Å². The molecule has 2 bridgehead atoms. The van der Waals surface area contributed by atoms with Crippen molar-refractivity contribution in [2.75, 3.05) is 7.11 Å². The van der Waals surface area contributed by atoms with E-state index in [4.69, 9.17) is 4.74 Å². The smallest absolute Gasteiger partial charge is 0.311 e. The zero-order chi connectivity index (χ0) is 22.3. The summed E-state index contributed by atoms with van der Waals surface area (Å²) in [4.78, 5) is 39.5. The first-order valence-electron chi connectivity index (χ1n) is 12.5. The number of hydrogen-bond donors (Lipinski definition) is 0. The van der Waals surface area contributed by atoms with Crippen LogP contribution in [0.2, 0.25) is 0 Å². The van der Waals surface area contributed by atoms with Gasteiger partial charge in [0.2, 0.25) is 0 Å². The average Bonchev–Trinajstić information content (AvgIpc) is 2.74. The fourth-order valence-electron chi connectivity index (χ4n) is 9.56. The van der Waals surface area contributed by atoms with Gasteiger partial charge in [0.1, 0.15) is 11.6 Å². The maximum Gasteiger partial charge on any atom is 0.311 e. The third-order valence-electron chi connectivity index (χ3n) is 10.7. The van der Waals surface area contributed by atoms with Crippen molar-refractivity contribution < 1.29 is 19.1 Å². The van der Waals surface area contributed by atoms with Crippen LogP contribution in [0, 0.1) is 51.8 Å². The topological polar surface area (TPSA) is 60.4 Å². The monoisotopic (exact) mass is 426 g/mol. The first kappa shape index (κ1) is 21.4. The molecule has 0 saturated heterocycles. The molecule has 31 heavy (non-hydrogen) atoms. The van der Waals surface area contributed by atoms with Crippen molar-refractivity contribution in [1.29, 1.82) is 0 Å². The molecule has 6 aliphatic rings. The van der Waals surface area contributed by atoms with E-state index in [1.54, 1.807) is 0 Å². The van der Waals surface area contributed by atoms with E-state index in [1.807, 2.05) is 0 Å². The molecule has 4 saturated carbocycles. The van der Waals surface area contributed by atoms with Crippen molar-refractivity contribution in [2.24, 2.45) is 51.8 Å². The second-order valence-corrected chi connectivity index (χ2v) is 12.1. The molecule has 0 aromatic rings. The van der Waals surface area contributed by atoms with E-state index in [-0.39, 0.29) is 40.5 Å². The van der Waals surface area contributed by atoms with Crippen molar-refractivity contribution in [1.82, 2.24) is 0 Å². The Balaban J connectivity index is 1.65. The third kappa shape index (κ3) is 2.57. The van der Waals surface area contributed by atoms with Crippen LogP contribution in [-0.2, 0) is 19.1 Å². The zero-order valence-electron chi connectivity index (χ0n) is 19.8. The van der Waals surface area contributed by atoms with Crippen LogP contribution in [0.15, 0.2) is 11.6 Å². The molecule has 4 fully saturated rings. The van der Waals surface area contributed by atoms with Crippen LogP contribution in [0.1, 0.15) is 79.1 Å². The highest BCUT2D eigenvalue weighted by Crippen LogP contribution is 2.74. The number of esters is 1. The van der Waals surface area contributed by atoms with Crippen LogP contribution >= 0.6 is 0 Å². The largest absolute Gasteiger partial charge is 0.469 e. The Morgan fingerprint density at radius 2 is 1.77 bits per heavy atom. The quantitative estimate of drug-likeness (QED) is 0.453. The van der Waals surface area contributed by atoms with Gasteiger partial charge in [0.15, 0.2) is 0 Å². The molecule has 170 valence electrons. The predicted octanol–water partition coefficient (Wildman–Crippen LogP) is 5.15. The van der Waals surface area contributed by atoms with Crippen molar-refractivity contribution in [3.63, 3.8) is 0 Å². The molecular formula is C27H38O4. The van der Waals surface area contributed by atoms with Gasteiger partial charge in [-0.1, -0.05) is 38.8 Å². The minimum Gasteiger partial charge on any atom is -0.469 e. The summed E-state index contributed by atoms with van der Waals surface area (Å²) >= 11 is 0. The van der Waals surface area contributed by atoms with Crippen molar-refractivity contribution in [3.05, 3.63) is 11.6 Å². The van der Waals surface area contributed by atoms with Crippen LogP contribution < -0.4 is 0 Å². The van der Waals surface area contributed by atoms with E-state index in [0.29, 0.717) is 36.2 Å². The molecule has 6 aliphatic carbocycles. The van der Waals surface area contributed by atoms with Gasteiger partial charge in [-0.15, -0.1) is 0 Å². The Hall–Kier alpha value is -1.45. The summed E-state index contributed by atoms with van der Waals surface area (Å²) in [6.45, 7) is 9.00. The van der Waals surface area contributed by atoms with Gasteiger partial charge in [-0.2, -0.15) is 0 Å². The summed E-state index contributed by atoms with van der Waals surface area (Å²) in [5, 5.41) is 0. The van der Waals surface area contributed by atoms with Crippen molar-refractivity contribution in [2.45, 2.75) is 79.1 Å². The Morgan fingerprint density at radius 3 is 2.45 bits per heavy atom. The molecule has 0 aromatic carbocycles. The van der Waals surface area contributed by atoms with E-state index in [2.05, 4.69) is 33.8 Å². The molecule has 1 spiro atoms. The highest BCUT2D eigenvalue weighted by Gasteiger charge is 2.70. The lowest BCUT2D eigenvalue weighted by Gasteiger charge is -2.70. The van der Waals surface area contributed by atoms with Crippen molar-refractivity contribution >= 4 is 17.5 Å². The maximum atomic E-state index is 13.4. The zero-order valence-corrected chi connectivity index (χ0v) is 19.8. The number of allylic oxidation sites excluding steroid dienone is 2. The highest BCUT2D eigenvalue weighted by molar-refractivity contribution is 5.98. The molecule has 4 heteroatoms.